The molecule has 3 rings (SSSR count). The van der Waals surface area contributed by atoms with E-state index in [-0.39, 0.29) is 24.4 Å². The number of aromatic nitrogens is 1. The van der Waals surface area contributed by atoms with Crippen LogP contribution >= 0.6 is 28.3 Å². The first-order valence-electron chi connectivity index (χ1n) is 7.53. The van der Waals surface area contributed by atoms with Gasteiger partial charge in [-0.15, -0.1) is 12.4 Å². The van der Waals surface area contributed by atoms with Gasteiger partial charge >= 0.3 is 0 Å². The largest absolute Gasteiger partial charge is 0.348 e. The van der Waals surface area contributed by atoms with Crippen LogP contribution in [0, 0.1) is 13.8 Å². The van der Waals surface area contributed by atoms with Crippen LogP contribution in [-0.2, 0) is 0 Å². The summed E-state index contributed by atoms with van der Waals surface area (Å²) in [5.74, 6) is 0.0140. The molecule has 124 valence electrons. The van der Waals surface area contributed by atoms with E-state index < -0.39 is 0 Å². The van der Waals surface area contributed by atoms with E-state index in [1.807, 2.05) is 44.2 Å². The highest BCUT2D eigenvalue weighted by Crippen LogP contribution is 2.26. The van der Waals surface area contributed by atoms with Crippen molar-refractivity contribution in [1.82, 2.24) is 15.2 Å². The van der Waals surface area contributed by atoms with E-state index in [4.69, 9.17) is 0 Å². The van der Waals surface area contributed by atoms with Crippen LogP contribution in [0.15, 0.2) is 34.8 Å². The number of para-hydroxylation sites is 1. The van der Waals surface area contributed by atoms with Crippen LogP contribution in [0.3, 0.4) is 0 Å². The van der Waals surface area contributed by atoms with Gasteiger partial charge in [-0.3, -0.25) is 4.79 Å². The zero-order chi connectivity index (χ0) is 15.7. The van der Waals surface area contributed by atoms with Crippen molar-refractivity contribution in [3.05, 3.63) is 51.8 Å². The number of aryl methyl sites for hydroxylation is 1. The van der Waals surface area contributed by atoms with Gasteiger partial charge in [0.15, 0.2) is 0 Å². The highest BCUT2D eigenvalue weighted by atomic mass is 79.9. The second kappa shape index (κ2) is 7.51. The van der Waals surface area contributed by atoms with Gasteiger partial charge in [-0.1, -0.05) is 12.1 Å². The van der Waals surface area contributed by atoms with Crippen LogP contribution in [0.25, 0.3) is 5.69 Å². The van der Waals surface area contributed by atoms with Crippen molar-refractivity contribution in [1.29, 1.82) is 0 Å². The van der Waals surface area contributed by atoms with Crippen molar-refractivity contribution in [3.63, 3.8) is 0 Å². The summed E-state index contributed by atoms with van der Waals surface area (Å²) in [6.07, 6.45) is 0.995. The van der Waals surface area contributed by atoms with Crippen molar-refractivity contribution >= 4 is 34.2 Å². The molecule has 1 fully saturated rings. The van der Waals surface area contributed by atoms with E-state index in [2.05, 4.69) is 31.1 Å². The van der Waals surface area contributed by atoms with Gasteiger partial charge in [-0.05, 0) is 60.9 Å². The lowest BCUT2D eigenvalue weighted by Crippen LogP contribution is -2.36. The molecule has 0 radical (unpaired) electrons. The topological polar surface area (TPSA) is 46.1 Å². The predicted octanol–water partition coefficient (Wildman–Crippen LogP) is 3.37. The molecule has 1 aliphatic heterocycles. The highest BCUT2D eigenvalue weighted by Gasteiger charge is 2.21. The highest BCUT2D eigenvalue weighted by molar-refractivity contribution is 9.10. The third-order valence-electron chi connectivity index (χ3n) is 4.16. The average molecular weight is 399 g/mol. The molecule has 0 spiro atoms. The van der Waals surface area contributed by atoms with Crippen LogP contribution in [0.4, 0.5) is 0 Å². The predicted molar refractivity (Wildman–Crippen MR) is 98.9 cm³/mol. The summed E-state index contributed by atoms with van der Waals surface area (Å²) >= 11 is 3.59. The number of hydrogen-bond donors (Lipinski definition) is 2. The Kier molecular flexibility index (Phi) is 5.89. The standard InChI is InChI=1S/C17H20BrN3O.ClH/c1-11-9-14(17(22)20-13-7-8-19-10-13)12(2)21(11)16-6-4-3-5-15(16)18;/h3-6,9,13,19H,7-8,10H2,1-2H3,(H,20,22);1H. The molecule has 2 N–H and O–H groups in total. The Morgan fingerprint density at radius 3 is 2.74 bits per heavy atom. The Labute approximate surface area is 151 Å². The van der Waals surface area contributed by atoms with Gasteiger partial charge in [0.2, 0.25) is 0 Å². The van der Waals surface area contributed by atoms with Crippen molar-refractivity contribution in [3.8, 4) is 5.69 Å². The van der Waals surface area contributed by atoms with E-state index in [0.717, 1.165) is 46.6 Å². The number of benzene rings is 1. The third-order valence-corrected chi connectivity index (χ3v) is 4.84. The minimum Gasteiger partial charge on any atom is -0.348 e. The quantitative estimate of drug-likeness (QED) is 0.832. The van der Waals surface area contributed by atoms with Gasteiger partial charge in [-0.2, -0.15) is 0 Å². The van der Waals surface area contributed by atoms with Crippen LogP contribution in [0.1, 0.15) is 28.2 Å². The Bertz CT molecular complexity index is 708. The molecule has 1 aliphatic rings. The Balaban J connectivity index is 0.00000192. The molecule has 1 aromatic carbocycles. The van der Waals surface area contributed by atoms with Gasteiger partial charge in [-0.25, -0.2) is 0 Å². The molecular formula is C17H21BrClN3O. The summed E-state index contributed by atoms with van der Waals surface area (Å²) in [6.45, 7) is 5.85. The number of nitrogens with one attached hydrogen (secondary N) is 2. The van der Waals surface area contributed by atoms with E-state index >= 15 is 0 Å². The lowest BCUT2D eigenvalue weighted by atomic mass is 10.2. The zero-order valence-electron chi connectivity index (χ0n) is 13.2. The molecule has 1 saturated heterocycles. The molecule has 1 aromatic heterocycles. The Hall–Kier alpha value is -1.30. The number of carbonyl (C=O) groups is 1. The molecule has 6 heteroatoms. The summed E-state index contributed by atoms with van der Waals surface area (Å²) < 4.78 is 3.13. The summed E-state index contributed by atoms with van der Waals surface area (Å²) in [5, 5.41) is 6.38. The molecule has 4 nitrogen and oxygen atoms in total. The number of rotatable bonds is 3. The number of hydrogen-bond acceptors (Lipinski definition) is 2. The van der Waals surface area contributed by atoms with E-state index in [0.29, 0.717) is 0 Å². The number of nitrogens with zero attached hydrogens (tertiary/aromatic N) is 1. The number of halogens is 2. The first-order valence-corrected chi connectivity index (χ1v) is 8.32. The smallest absolute Gasteiger partial charge is 0.253 e. The summed E-state index contributed by atoms with van der Waals surface area (Å²) in [7, 11) is 0. The van der Waals surface area contributed by atoms with Gasteiger partial charge in [0.05, 0.1) is 11.3 Å². The van der Waals surface area contributed by atoms with Gasteiger partial charge < -0.3 is 15.2 Å². The maximum absolute atomic E-state index is 12.5. The van der Waals surface area contributed by atoms with E-state index in [1.165, 1.54) is 0 Å². The van der Waals surface area contributed by atoms with Crippen LogP contribution in [0.2, 0.25) is 0 Å². The minimum absolute atomic E-state index is 0. The van der Waals surface area contributed by atoms with E-state index in [9.17, 15) is 4.79 Å². The average Bonchev–Trinajstić information content (AvgIpc) is 3.08. The summed E-state index contributed by atoms with van der Waals surface area (Å²) in [4.78, 5) is 12.5. The van der Waals surface area contributed by atoms with Crippen molar-refractivity contribution < 1.29 is 4.79 Å². The first kappa shape index (κ1) is 18.0. The fraction of sp³-hybridized carbons (Fsp3) is 0.353. The monoisotopic (exact) mass is 397 g/mol. The molecule has 2 heterocycles. The molecule has 23 heavy (non-hydrogen) atoms. The fourth-order valence-corrected chi connectivity index (χ4v) is 3.50. The molecule has 1 amide bonds. The molecular weight excluding hydrogens is 378 g/mol. The Morgan fingerprint density at radius 2 is 2.09 bits per heavy atom. The Morgan fingerprint density at radius 1 is 1.35 bits per heavy atom. The van der Waals surface area contributed by atoms with E-state index in [1.54, 1.807) is 0 Å². The van der Waals surface area contributed by atoms with Crippen LogP contribution in [0.5, 0.6) is 0 Å². The lowest BCUT2D eigenvalue weighted by Gasteiger charge is -2.13. The summed E-state index contributed by atoms with van der Waals surface area (Å²) in [6, 6.07) is 10.3. The number of carbonyl (C=O) groups excluding carboxylic acids is 1. The first-order chi connectivity index (χ1) is 10.6. The summed E-state index contributed by atoms with van der Waals surface area (Å²) in [5.41, 5.74) is 3.83. The van der Waals surface area contributed by atoms with Crippen molar-refractivity contribution in [2.75, 3.05) is 13.1 Å². The van der Waals surface area contributed by atoms with Crippen molar-refractivity contribution in [2.45, 2.75) is 26.3 Å². The number of amides is 1. The lowest BCUT2D eigenvalue weighted by molar-refractivity contribution is 0.0939. The zero-order valence-corrected chi connectivity index (χ0v) is 15.6. The third kappa shape index (κ3) is 3.62. The van der Waals surface area contributed by atoms with Gasteiger partial charge in [0.1, 0.15) is 0 Å². The fourth-order valence-electron chi connectivity index (χ4n) is 3.04. The molecule has 1 unspecified atom stereocenters. The van der Waals surface area contributed by atoms with Gasteiger partial charge in [0.25, 0.3) is 5.91 Å². The SMILES string of the molecule is Cc1cc(C(=O)NC2CCNC2)c(C)n1-c1ccccc1Br.Cl. The van der Waals surface area contributed by atoms with Crippen LogP contribution in [-0.4, -0.2) is 29.6 Å². The molecule has 0 bridgehead atoms. The van der Waals surface area contributed by atoms with Gasteiger partial charge in [0, 0.05) is 28.4 Å². The second-order valence-electron chi connectivity index (χ2n) is 5.73. The molecule has 1 atom stereocenters. The molecule has 2 aromatic rings. The minimum atomic E-state index is 0. The molecule has 0 aliphatic carbocycles. The van der Waals surface area contributed by atoms with Crippen LogP contribution < -0.4 is 10.6 Å². The second-order valence-corrected chi connectivity index (χ2v) is 6.59. The maximum atomic E-state index is 12.5. The normalized spacial score (nSPS) is 16.9. The van der Waals surface area contributed by atoms with Crippen molar-refractivity contribution in [2.24, 2.45) is 0 Å². The molecule has 0 saturated carbocycles. The maximum Gasteiger partial charge on any atom is 0.253 e.